The number of nitriles is 1. The summed E-state index contributed by atoms with van der Waals surface area (Å²) < 4.78 is 27.7. The van der Waals surface area contributed by atoms with Crippen molar-refractivity contribution in [3.05, 3.63) is 23.8 Å². The number of rotatable bonds is 4. The third-order valence-corrected chi connectivity index (χ3v) is 1.76. The van der Waals surface area contributed by atoms with Gasteiger partial charge in [-0.3, -0.25) is 0 Å². The number of alkyl halides is 2. The van der Waals surface area contributed by atoms with Crippen LogP contribution in [-0.4, -0.2) is 11.7 Å². The average Bonchev–Trinajstić information content (AvgIpc) is 2.18. The molecule has 1 N–H and O–H groups in total. The summed E-state index contributed by atoms with van der Waals surface area (Å²) in [6.07, 6.45) is 0.785. The maximum atomic E-state index is 11.8. The van der Waals surface area contributed by atoms with Gasteiger partial charge >= 0.3 is 6.61 Å². The van der Waals surface area contributed by atoms with Gasteiger partial charge in [-0.05, 0) is 24.1 Å². The van der Waals surface area contributed by atoms with Gasteiger partial charge < -0.3 is 9.84 Å². The lowest BCUT2D eigenvalue weighted by atomic mass is 10.1. The Kier molecular flexibility index (Phi) is 3.86. The topological polar surface area (TPSA) is 53.2 Å². The molecule has 0 saturated heterocycles. The van der Waals surface area contributed by atoms with Gasteiger partial charge in [0, 0.05) is 6.42 Å². The minimum Gasteiger partial charge on any atom is -0.504 e. The van der Waals surface area contributed by atoms with E-state index < -0.39 is 6.61 Å². The fourth-order valence-electron chi connectivity index (χ4n) is 1.11. The van der Waals surface area contributed by atoms with Gasteiger partial charge in [0.05, 0.1) is 6.07 Å². The molecule has 0 aliphatic carbocycles. The van der Waals surface area contributed by atoms with Crippen LogP contribution in [0.25, 0.3) is 0 Å². The highest BCUT2D eigenvalue weighted by Crippen LogP contribution is 2.28. The summed E-state index contributed by atoms with van der Waals surface area (Å²) in [7, 11) is 0. The molecule has 0 fully saturated rings. The second-order valence-electron chi connectivity index (χ2n) is 2.84. The molecule has 0 aromatic heterocycles. The van der Waals surface area contributed by atoms with Crippen LogP contribution in [0.5, 0.6) is 11.5 Å². The van der Waals surface area contributed by atoms with E-state index in [0.717, 1.165) is 0 Å². The zero-order valence-electron chi connectivity index (χ0n) is 7.78. The summed E-state index contributed by atoms with van der Waals surface area (Å²) >= 11 is 0. The Morgan fingerprint density at radius 3 is 2.73 bits per heavy atom. The van der Waals surface area contributed by atoms with Crippen LogP contribution in [0.3, 0.4) is 0 Å². The molecule has 0 heterocycles. The molecule has 80 valence electrons. The van der Waals surface area contributed by atoms with Gasteiger partial charge in [-0.15, -0.1) is 0 Å². The summed E-state index contributed by atoms with van der Waals surface area (Å²) in [4.78, 5) is 0. The van der Waals surface area contributed by atoms with Gasteiger partial charge in [-0.1, -0.05) is 6.07 Å². The summed E-state index contributed by atoms with van der Waals surface area (Å²) in [6, 6.07) is 6.06. The Labute approximate surface area is 85.5 Å². The van der Waals surface area contributed by atoms with E-state index in [2.05, 4.69) is 4.74 Å². The number of hydrogen-bond acceptors (Lipinski definition) is 3. The minimum atomic E-state index is -2.96. The number of aromatic hydroxyl groups is 1. The fourth-order valence-corrected chi connectivity index (χ4v) is 1.11. The van der Waals surface area contributed by atoms with Crippen LogP contribution in [-0.2, 0) is 6.42 Å². The van der Waals surface area contributed by atoms with Crippen molar-refractivity contribution < 1.29 is 18.6 Å². The third kappa shape index (κ3) is 3.43. The number of phenols is 1. The number of hydrogen-bond donors (Lipinski definition) is 1. The van der Waals surface area contributed by atoms with Crippen molar-refractivity contribution in [2.75, 3.05) is 0 Å². The second kappa shape index (κ2) is 5.15. The van der Waals surface area contributed by atoms with Crippen molar-refractivity contribution in [2.24, 2.45) is 0 Å². The molecule has 15 heavy (non-hydrogen) atoms. The molecule has 1 aromatic rings. The van der Waals surface area contributed by atoms with E-state index in [4.69, 9.17) is 5.26 Å². The molecule has 1 rings (SSSR count). The Hall–Kier alpha value is -1.83. The molecule has 0 spiro atoms. The molecule has 3 nitrogen and oxygen atoms in total. The van der Waals surface area contributed by atoms with Crippen LogP contribution < -0.4 is 4.74 Å². The van der Waals surface area contributed by atoms with Crippen molar-refractivity contribution in [1.82, 2.24) is 0 Å². The summed E-state index contributed by atoms with van der Waals surface area (Å²) in [5.74, 6) is -0.601. The Bertz CT molecular complexity index is 374. The highest BCUT2D eigenvalue weighted by Gasteiger charge is 2.09. The number of phenolic OH excluding ortho intramolecular Hbond substituents is 1. The Balaban J connectivity index is 2.75. The summed E-state index contributed by atoms with van der Waals surface area (Å²) in [5.41, 5.74) is 0.704. The Morgan fingerprint density at radius 1 is 1.47 bits per heavy atom. The SMILES string of the molecule is N#CCCc1ccc(OC(F)F)c(O)c1. The maximum absolute atomic E-state index is 11.8. The normalized spacial score (nSPS) is 10.0. The van der Waals surface area contributed by atoms with Gasteiger partial charge in [-0.2, -0.15) is 14.0 Å². The van der Waals surface area contributed by atoms with E-state index in [1.807, 2.05) is 6.07 Å². The fraction of sp³-hybridized carbons (Fsp3) is 0.300. The first-order chi connectivity index (χ1) is 7.13. The number of aryl methyl sites for hydroxylation is 1. The molecule has 0 atom stereocenters. The van der Waals surface area contributed by atoms with Gasteiger partial charge in [0.2, 0.25) is 0 Å². The number of nitrogens with zero attached hydrogens (tertiary/aromatic N) is 1. The molecular weight excluding hydrogens is 204 g/mol. The first-order valence-corrected chi connectivity index (χ1v) is 4.27. The lowest BCUT2D eigenvalue weighted by Crippen LogP contribution is -2.02. The minimum absolute atomic E-state index is 0.259. The lowest BCUT2D eigenvalue weighted by Gasteiger charge is -2.07. The van der Waals surface area contributed by atoms with E-state index in [1.165, 1.54) is 18.2 Å². The van der Waals surface area contributed by atoms with E-state index in [-0.39, 0.29) is 11.5 Å². The van der Waals surface area contributed by atoms with Crippen LogP contribution in [0.2, 0.25) is 0 Å². The maximum Gasteiger partial charge on any atom is 0.387 e. The largest absolute Gasteiger partial charge is 0.504 e. The van der Waals surface area contributed by atoms with Crippen LogP contribution in [0.4, 0.5) is 8.78 Å². The summed E-state index contributed by atoms with van der Waals surface area (Å²) in [5, 5.41) is 17.6. The van der Waals surface area contributed by atoms with Gasteiger partial charge in [0.15, 0.2) is 11.5 Å². The molecule has 0 unspecified atom stereocenters. The highest BCUT2D eigenvalue weighted by atomic mass is 19.3. The van der Waals surface area contributed by atoms with Crippen LogP contribution >= 0.6 is 0 Å². The quantitative estimate of drug-likeness (QED) is 0.835. The molecule has 1 aromatic carbocycles. The van der Waals surface area contributed by atoms with E-state index in [9.17, 15) is 13.9 Å². The van der Waals surface area contributed by atoms with Crippen molar-refractivity contribution in [1.29, 1.82) is 5.26 Å². The zero-order valence-corrected chi connectivity index (χ0v) is 7.78. The number of halogens is 2. The van der Waals surface area contributed by atoms with E-state index in [1.54, 1.807) is 0 Å². The van der Waals surface area contributed by atoms with Crippen molar-refractivity contribution in [3.8, 4) is 17.6 Å². The molecule has 0 radical (unpaired) electrons. The Morgan fingerprint density at radius 2 is 2.20 bits per heavy atom. The first-order valence-electron chi connectivity index (χ1n) is 4.27. The molecule has 0 saturated carbocycles. The van der Waals surface area contributed by atoms with Crippen molar-refractivity contribution >= 4 is 0 Å². The standard InChI is InChI=1S/C10H9F2NO2/c11-10(12)15-9-4-3-7(2-1-5-13)6-8(9)14/h3-4,6,10,14H,1-2H2. The molecule has 5 heteroatoms. The monoisotopic (exact) mass is 213 g/mol. The van der Waals surface area contributed by atoms with Crippen LogP contribution in [0.15, 0.2) is 18.2 Å². The number of ether oxygens (including phenoxy) is 1. The lowest BCUT2D eigenvalue weighted by molar-refractivity contribution is -0.0512. The zero-order chi connectivity index (χ0) is 11.3. The predicted octanol–water partition coefficient (Wildman–Crippen LogP) is 2.45. The van der Waals surface area contributed by atoms with Gasteiger partial charge in [0.25, 0.3) is 0 Å². The van der Waals surface area contributed by atoms with Crippen LogP contribution in [0, 0.1) is 11.3 Å². The van der Waals surface area contributed by atoms with Gasteiger partial charge in [0.1, 0.15) is 0 Å². The molecule has 0 amide bonds. The van der Waals surface area contributed by atoms with E-state index in [0.29, 0.717) is 18.4 Å². The molecular formula is C10H9F2NO2. The third-order valence-electron chi connectivity index (χ3n) is 1.76. The highest BCUT2D eigenvalue weighted by molar-refractivity contribution is 5.41. The molecule has 0 aliphatic rings. The van der Waals surface area contributed by atoms with Crippen molar-refractivity contribution in [2.45, 2.75) is 19.5 Å². The molecule has 0 aliphatic heterocycles. The smallest absolute Gasteiger partial charge is 0.387 e. The van der Waals surface area contributed by atoms with Gasteiger partial charge in [-0.25, -0.2) is 0 Å². The summed E-state index contributed by atoms with van der Waals surface area (Å²) in [6.45, 7) is -2.96. The predicted molar refractivity (Wildman–Crippen MR) is 48.7 cm³/mol. The van der Waals surface area contributed by atoms with E-state index >= 15 is 0 Å². The number of benzene rings is 1. The second-order valence-corrected chi connectivity index (χ2v) is 2.84. The average molecular weight is 213 g/mol. The molecule has 0 bridgehead atoms. The van der Waals surface area contributed by atoms with Crippen LogP contribution in [0.1, 0.15) is 12.0 Å². The van der Waals surface area contributed by atoms with Crippen molar-refractivity contribution in [3.63, 3.8) is 0 Å². The first kappa shape index (κ1) is 11.2.